The number of imidazole rings is 1. The van der Waals surface area contributed by atoms with Crippen molar-refractivity contribution in [2.24, 2.45) is 5.73 Å². The van der Waals surface area contributed by atoms with Crippen LogP contribution in [0.3, 0.4) is 0 Å². The number of methoxy groups -OCH3 is 1. The van der Waals surface area contributed by atoms with E-state index in [0.29, 0.717) is 41.3 Å². The number of aryl methyl sites for hydroxylation is 1. The van der Waals surface area contributed by atoms with E-state index in [0.717, 1.165) is 18.6 Å². The predicted octanol–water partition coefficient (Wildman–Crippen LogP) is 4.84. The number of primary amides is 1. The molecule has 0 bridgehead atoms. The van der Waals surface area contributed by atoms with Crippen molar-refractivity contribution in [1.29, 1.82) is 0 Å². The molecule has 3 N–H and O–H groups in total. The predicted molar refractivity (Wildman–Crippen MR) is 162 cm³/mol. The number of nitrogens with zero attached hydrogens (tertiary/aromatic N) is 4. The number of pyridine rings is 2. The summed E-state index contributed by atoms with van der Waals surface area (Å²) in [4.78, 5) is 36.3. The van der Waals surface area contributed by atoms with Gasteiger partial charge in [-0.1, -0.05) is 12.1 Å². The standard InChI is InChI=1S/C33H29F2N5O6/c1-17-18(6-7-26(37-17)32(36)41)16-46-30-5-3-4-25(38-30)22-14-23(34)19(10-24(22)35)13-29-39-31-27(40(29)15-21-8-9-45-21)11-20(33(42)43)12-28(31)44-2/h3-7,10-12,14,21H,8-9,13,15-16H2,1-2H3,(H2,36,41)(H,42,43)/t21-/m0/s1. The number of carbonyl (C=O) groups excluding carboxylic acids is 1. The van der Waals surface area contributed by atoms with Crippen molar-refractivity contribution in [2.45, 2.75) is 39.0 Å². The van der Waals surface area contributed by atoms with Gasteiger partial charge in [-0.3, -0.25) is 4.79 Å². The number of benzene rings is 2. The number of nitrogens with two attached hydrogens (primary N) is 1. The molecule has 1 aliphatic heterocycles. The average molecular weight is 630 g/mol. The Morgan fingerprint density at radius 2 is 1.87 bits per heavy atom. The fourth-order valence-electron chi connectivity index (χ4n) is 5.26. The third kappa shape index (κ3) is 6.09. The van der Waals surface area contributed by atoms with Crippen LogP contribution >= 0.6 is 0 Å². The first-order valence-corrected chi connectivity index (χ1v) is 14.4. The lowest BCUT2D eigenvalue weighted by atomic mass is 10.0. The maximum Gasteiger partial charge on any atom is 0.335 e. The molecule has 1 aliphatic rings. The van der Waals surface area contributed by atoms with Crippen LogP contribution in [0.4, 0.5) is 8.78 Å². The molecule has 11 nitrogen and oxygen atoms in total. The summed E-state index contributed by atoms with van der Waals surface area (Å²) in [6, 6.07) is 13.0. The summed E-state index contributed by atoms with van der Waals surface area (Å²) in [5, 5.41) is 9.63. The Kier molecular flexibility index (Phi) is 8.33. The van der Waals surface area contributed by atoms with Gasteiger partial charge in [0, 0.05) is 35.9 Å². The fourth-order valence-corrected chi connectivity index (χ4v) is 5.26. The van der Waals surface area contributed by atoms with Gasteiger partial charge in [0.2, 0.25) is 5.88 Å². The lowest BCUT2D eigenvalue weighted by Crippen LogP contribution is -2.31. The van der Waals surface area contributed by atoms with E-state index in [1.807, 2.05) is 0 Å². The van der Waals surface area contributed by atoms with E-state index in [-0.39, 0.29) is 58.8 Å². The molecular weight excluding hydrogens is 600 g/mol. The summed E-state index contributed by atoms with van der Waals surface area (Å²) in [5.41, 5.74) is 7.77. The highest BCUT2D eigenvalue weighted by Gasteiger charge is 2.25. The zero-order valence-corrected chi connectivity index (χ0v) is 24.9. The minimum atomic E-state index is -1.13. The van der Waals surface area contributed by atoms with Gasteiger partial charge in [0.25, 0.3) is 5.91 Å². The first-order valence-electron chi connectivity index (χ1n) is 14.4. The number of fused-ring (bicyclic) bond motifs is 1. The number of amides is 1. The lowest BCUT2D eigenvalue weighted by Gasteiger charge is -2.27. The normalized spacial score (nSPS) is 14.2. The minimum absolute atomic E-state index is 0.0136. The van der Waals surface area contributed by atoms with Gasteiger partial charge >= 0.3 is 5.97 Å². The Morgan fingerprint density at radius 3 is 2.54 bits per heavy atom. The molecule has 1 saturated heterocycles. The van der Waals surface area contributed by atoms with Gasteiger partial charge in [-0.25, -0.2) is 28.5 Å². The summed E-state index contributed by atoms with van der Waals surface area (Å²) in [6.45, 7) is 2.77. The monoisotopic (exact) mass is 629 g/mol. The van der Waals surface area contributed by atoms with Crippen LogP contribution in [-0.4, -0.2) is 56.3 Å². The number of halogens is 2. The van der Waals surface area contributed by atoms with Gasteiger partial charge in [0.1, 0.15) is 41.0 Å². The van der Waals surface area contributed by atoms with Crippen LogP contribution in [0.2, 0.25) is 0 Å². The highest BCUT2D eigenvalue weighted by atomic mass is 19.1. The van der Waals surface area contributed by atoms with Gasteiger partial charge in [-0.05, 0) is 55.3 Å². The Labute approximate surface area is 261 Å². The molecule has 0 unspecified atom stereocenters. The zero-order valence-electron chi connectivity index (χ0n) is 24.9. The molecular formula is C33H29F2N5O6. The van der Waals surface area contributed by atoms with Crippen molar-refractivity contribution in [3.8, 4) is 22.9 Å². The molecule has 5 aromatic rings. The van der Waals surface area contributed by atoms with Crippen LogP contribution in [0.5, 0.6) is 11.6 Å². The number of carboxylic acid groups (broad SMARTS) is 1. The molecule has 3 aromatic heterocycles. The largest absolute Gasteiger partial charge is 0.494 e. The van der Waals surface area contributed by atoms with Crippen molar-refractivity contribution in [1.82, 2.24) is 19.5 Å². The molecule has 0 saturated carbocycles. The van der Waals surface area contributed by atoms with E-state index < -0.39 is 23.5 Å². The Morgan fingerprint density at radius 1 is 1.07 bits per heavy atom. The maximum absolute atomic E-state index is 15.6. The molecule has 1 atom stereocenters. The quantitative estimate of drug-likeness (QED) is 0.209. The van der Waals surface area contributed by atoms with E-state index in [4.69, 9.17) is 19.9 Å². The second-order valence-electron chi connectivity index (χ2n) is 10.8. The van der Waals surface area contributed by atoms with Crippen molar-refractivity contribution in [3.63, 3.8) is 0 Å². The van der Waals surface area contributed by atoms with E-state index in [1.165, 1.54) is 25.3 Å². The molecule has 0 aliphatic carbocycles. The smallest absolute Gasteiger partial charge is 0.335 e. The summed E-state index contributed by atoms with van der Waals surface area (Å²) in [7, 11) is 1.41. The van der Waals surface area contributed by atoms with Crippen molar-refractivity contribution >= 4 is 22.9 Å². The molecule has 46 heavy (non-hydrogen) atoms. The third-order valence-corrected chi connectivity index (χ3v) is 7.85. The number of hydrogen-bond donors (Lipinski definition) is 2. The van der Waals surface area contributed by atoms with Gasteiger partial charge in [0.15, 0.2) is 0 Å². The van der Waals surface area contributed by atoms with Gasteiger partial charge in [-0.2, -0.15) is 0 Å². The Hall–Kier alpha value is -5.43. The van der Waals surface area contributed by atoms with Crippen molar-refractivity contribution in [3.05, 3.63) is 100 Å². The molecule has 1 amide bonds. The van der Waals surface area contributed by atoms with Crippen LogP contribution in [-0.2, 0) is 24.3 Å². The number of carboxylic acids is 1. The number of ether oxygens (including phenoxy) is 3. The molecule has 6 rings (SSSR count). The molecule has 4 heterocycles. The summed E-state index contributed by atoms with van der Waals surface area (Å²) >= 11 is 0. The first-order chi connectivity index (χ1) is 22.1. The number of hydrogen-bond acceptors (Lipinski definition) is 8. The molecule has 13 heteroatoms. The van der Waals surface area contributed by atoms with Crippen LogP contribution in [0.25, 0.3) is 22.3 Å². The van der Waals surface area contributed by atoms with E-state index in [9.17, 15) is 14.7 Å². The van der Waals surface area contributed by atoms with Gasteiger partial charge < -0.3 is 29.6 Å². The number of rotatable bonds is 11. The molecule has 236 valence electrons. The molecule has 0 radical (unpaired) electrons. The second kappa shape index (κ2) is 12.5. The minimum Gasteiger partial charge on any atom is -0.494 e. The van der Waals surface area contributed by atoms with E-state index in [1.54, 1.807) is 35.8 Å². The Balaban J connectivity index is 1.28. The summed E-state index contributed by atoms with van der Waals surface area (Å²) < 4.78 is 49.8. The molecule has 2 aromatic carbocycles. The van der Waals surface area contributed by atoms with Crippen LogP contribution in [0.1, 0.15) is 49.9 Å². The molecule has 1 fully saturated rings. The van der Waals surface area contributed by atoms with Crippen LogP contribution in [0.15, 0.2) is 54.6 Å². The highest BCUT2D eigenvalue weighted by Crippen LogP contribution is 2.32. The van der Waals surface area contributed by atoms with Crippen LogP contribution in [0, 0.1) is 18.6 Å². The number of aromatic carboxylic acids is 1. The van der Waals surface area contributed by atoms with Crippen molar-refractivity contribution in [2.75, 3.05) is 13.7 Å². The van der Waals surface area contributed by atoms with E-state index in [2.05, 4.69) is 15.0 Å². The van der Waals surface area contributed by atoms with E-state index >= 15 is 8.78 Å². The highest BCUT2D eigenvalue weighted by molar-refractivity contribution is 5.95. The average Bonchev–Trinajstić information content (AvgIpc) is 3.36. The summed E-state index contributed by atoms with van der Waals surface area (Å²) in [5.74, 6) is -2.29. The fraction of sp³-hybridized carbons (Fsp3) is 0.242. The zero-order chi connectivity index (χ0) is 32.5. The lowest BCUT2D eigenvalue weighted by molar-refractivity contribution is -0.0589. The number of aromatic nitrogens is 4. The van der Waals surface area contributed by atoms with Gasteiger partial charge in [0.05, 0.1) is 36.5 Å². The van der Waals surface area contributed by atoms with Gasteiger partial charge in [-0.15, -0.1) is 0 Å². The van der Waals surface area contributed by atoms with Crippen LogP contribution < -0.4 is 15.2 Å². The second-order valence-corrected chi connectivity index (χ2v) is 10.8. The summed E-state index contributed by atoms with van der Waals surface area (Å²) in [6.07, 6.45) is 0.615. The maximum atomic E-state index is 15.6. The SMILES string of the molecule is COc1cc(C(=O)O)cc2c1nc(Cc1cc(F)c(-c3cccc(OCc4ccc(C(N)=O)nc4C)n3)cc1F)n2C[C@@H]1CCO1. The topological polar surface area (TPSA) is 152 Å². The van der Waals surface area contributed by atoms with Crippen molar-refractivity contribution < 1.29 is 37.7 Å². The third-order valence-electron chi connectivity index (χ3n) is 7.85. The first kappa shape index (κ1) is 30.6. The number of carbonyl (C=O) groups is 2. The molecule has 0 spiro atoms. The Bertz CT molecular complexity index is 1990.